The van der Waals surface area contributed by atoms with Gasteiger partial charge in [0.1, 0.15) is 6.07 Å². The van der Waals surface area contributed by atoms with E-state index in [4.69, 9.17) is 5.26 Å². The monoisotopic (exact) mass is 227 g/mol. The van der Waals surface area contributed by atoms with Crippen molar-refractivity contribution in [2.75, 3.05) is 0 Å². The Balaban J connectivity index is 3.13. The highest BCUT2D eigenvalue weighted by Gasteiger charge is 2.24. The Hall–Kier alpha value is -1.88. The molecular weight excluding hydrogens is 210 g/mol. The van der Waals surface area contributed by atoms with Crippen molar-refractivity contribution in [3.63, 3.8) is 0 Å². The Kier molecular flexibility index (Phi) is 3.85. The van der Waals surface area contributed by atoms with Gasteiger partial charge in [-0.15, -0.1) is 0 Å². The Labute approximate surface area is 103 Å². The summed E-state index contributed by atoms with van der Waals surface area (Å²) >= 11 is 0. The number of rotatable bonds is 2. The van der Waals surface area contributed by atoms with Crippen molar-refractivity contribution in [3.05, 3.63) is 41.0 Å². The molecule has 0 spiro atoms. The quantitative estimate of drug-likeness (QED) is 0.573. The van der Waals surface area contributed by atoms with E-state index in [1.54, 1.807) is 6.08 Å². The molecule has 2 heteroatoms. The van der Waals surface area contributed by atoms with E-state index in [1.165, 1.54) is 0 Å². The number of nitrogens with zero attached hydrogens (tertiary/aromatic N) is 1. The molecule has 1 aromatic rings. The molecule has 0 bridgehead atoms. The smallest absolute Gasteiger partial charge is 0.178 e. The van der Waals surface area contributed by atoms with E-state index in [0.29, 0.717) is 0 Å². The van der Waals surface area contributed by atoms with Crippen LogP contribution in [-0.4, -0.2) is 5.78 Å². The summed E-state index contributed by atoms with van der Waals surface area (Å²) in [5.74, 6) is -0.124. The van der Waals surface area contributed by atoms with Gasteiger partial charge < -0.3 is 0 Å². The number of benzene rings is 1. The van der Waals surface area contributed by atoms with Crippen LogP contribution < -0.4 is 0 Å². The lowest BCUT2D eigenvalue weighted by molar-refractivity contribution is -0.121. The molecule has 0 aromatic heterocycles. The number of hydrogen-bond donors (Lipinski definition) is 0. The Morgan fingerprint density at radius 2 is 2.00 bits per heavy atom. The van der Waals surface area contributed by atoms with Gasteiger partial charge in [0.2, 0.25) is 0 Å². The summed E-state index contributed by atoms with van der Waals surface area (Å²) in [5.41, 5.74) is 1.69. The number of ketones is 1. The van der Waals surface area contributed by atoms with Crippen molar-refractivity contribution in [2.45, 2.75) is 27.7 Å². The number of allylic oxidation sites excluding steroid dienone is 1. The molecule has 17 heavy (non-hydrogen) atoms. The molecule has 0 amide bonds. The molecule has 0 saturated heterocycles. The molecule has 0 fully saturated rings. The van der Waals surface area contributed by atoms with Gasteiger partial charge in [0.25, 0.3) is 0 Å². The second-order valence-corrected chi connectivity index (χ2v) is 5.16. The Bertz CT molecular complexity index is 498. The molecule has 0 aliphatic rings. The zero-order chi connectivity index (χ0) is 13.1. The van der Waals surface area contributed by atoms with Crippen LogP contribution in [0.2, 0.25) is 0 Å². The van der Waals surface area contributed by atoms with Gasteiger partial charge in [-0.3, -0.25) is 4.79 Å². The second-order valence-electron chi connectivity index (χ2n) is 5.16. The molecule has 0 N–H and O–H groups in total. The summed E-state index contributed by atoms with van der Waals surface area (Å²) in [6.07, 6.45) is 1.65. The first-order chi connectivity index (χ1) is 7.84. The largest absolute Gasteiger partial charge is 0.293 e. The SMILES string of the molecule is Cc1cccc(C=C(C#N)C(=O)C(C)(C)C)c1. The van der Waals surface area contributed by atoms with Gasteiger partial charge in [-0.25, -0.2) is 0 Å². The molecule has 0 heterocycles. The van der Waals surface area contributed by atoms with Crippen LogP contribution in [0.4, 0.5) is 0 Å². The first-order valence-corrected chi connectivity index (χ1v) is 5.58. The first kappa shape index (κ1) is 13.2. The normalized spacial score (nSPS) is 12.1. The van der Waals surface area contributed by atoms with Crippen LogP contribution >= 0.6 is 0 Å². The lowest BCUT2D eigenvalue weighted by Gasteiger charge is -2.15. The minimum Gasteiger partial charge on any atom is -0.293 e. The first-order valence-electron chi connectivity index (χ1n) is 5.58. The fraction of sp³-hybridized carbons (Fsp3) is 0.333. The zero-order valence-electron chi connectivity index (χ0n) is 10.7. The minimum absolute atomic E-state index is 0.124. The van der Waals surface area contributed by atoms with Gasteiger partial charge in [0.15, 0.2) is 5.78 Å². The molecule has 0 aliphatic carbocycles. The molecule has 0 atom stereocenters. The van der Waals surface area contributed by atoms with E-state index >= 15 is 0 Å². The number of carbonyl (C=O) groups excluding carboxylic acids is 1. The summed E-state index contributed by atoms with van der Waals surface area (Å²) in [4.78, 5) is 12.0. The van der Waals surface area contributed by atoms with E-state index < -0.39 is 5.41 Å². The maximum atomic E-state index is 12.0. The third-order valence-corrected chi connectivity index (χ3v) is 2.40. The molecular formula is C15H17NO. The summed E-state index contributed by atoms with van der Waals surface area (Å²) < 4.78 is 0. The van der Waals surface area contributed by atoms with Crippen LogP contribution in [0.25, 0.3) is 6.08 Å². The van der Waals surface area contributed by atoms with Crippen LogP contribution in [0.15, 0.2) is 29.8 Å². The van der Waals surface area contributed by atoms with Crippen molar-refractivity contribution in [2.24, 2.45) is 5.41 Å². The van der Waals surface area contributed by atoms with E-state index in [2.05, 4.69) is 0 Å². The predicted molar refractivity (Wildman–Crippen MR) is 69.2 cm³/mol. The van der Waals surface area contributed by atoms with Crippen molar-refractivity contribution >= 4 is 11.9 Å². The zero-order valence-corrected chi connectivity index (χ0v) is 10.7. The van der Waals surface area contributed by atoms with Crippen molar-refractivity contribution in [3.8, 4) is 6.07 Å². The number of Topliss-reactive ketones (excluding diaryl/α,β-unsaturated/α-hetero) is 1. The highest BCUT2D eigenvalue weighted by Crippen LogP contribution is 2.21. The summed E-state index contributed by atoms with van der Waals surface area (Å²) in [5, 5.41) is 9.05. The average molecular weight is 227 g/mol. The molecule has 0 radical (unpaired) electrons. The summed E-state index contributed by atoms with van der Waals surface area (Å²) in [7, 11) is 0. The van der Waals surface area contributed by atoms with Crippen molar-refractivity contribution in [1.29, 1.82) is 5.26 Å². The summed E-state index contributed by atoms with van der Waals surface area (Å²) in [6.45, 7) is 7.43. The average Bonchev–Trinajstić information content (AvgIpc) is 2.24. The molecule has 1 aromatic carbocycles. The maximum Gasteiger partial charge on any atom is 0.178 e. The second kappa shape index (κ2) is 4.97. The van der Waals surface area contributed by atoms with Crippen LogP contribution in [-0.2, 0) is 4.79 Å². The third-order valence-electron chi connectivity index (χ3n) is 2.40. The van der Waals surface area contributed by atoms with Gasteiger partial charge in [-0.2, -0.15) is 5.26 Å². The number of nitriles is 1. The lowest BCUT2D eigenvalue weighted by Crippen LogP contribution is -2.21. The minimum atomic E-state index is -0.522. The van der Waals surface area contributed by atoms with Crippen LogP contribution in [0.1, 0.15) is 31.9 Å². The van der Waals surface area contributed by atoms with Crippen molar-refractivity contribution in [1.82, 2.24) is 0 Å². The molecule has 0 aliphatic heterocycles. The fourth-order valence-electron chi connectivity index (χ4n) is 1.48. The fourth-order valence-corrected chi connectivity index (χ4v) is 1.48. The summed E-state index contributed by atoms with van der Waals surface area (Å²) in [6, 6.07) is 9.72. The van der Waals surface area contributed by atoms with Gasteiger partial charge in [0, 0.05) is 5.41 Å². The molecule has 0 saturated carbocycles. The van der Waals surface area contributed by atoms with E-state index in [-0.39, 0.29) is 11.4 Å². The predicted octanol–water partition coefficient (Wildman–Crippen LogP) is 3.52. The van der Waals surface area contributed by atoms with Gasteiger partial charge in [-0.05, 0) is 18.6 Å². The van der Waals surface area contributed by atoms with Gasteiger partial charge in [-0.1, -0.05) is 50.6 Å². The lowest BCUT2D eigenvalue weighted by atomic mass is 9.86. The molecule has 0 unspecified atom stereocenters. The topological polar surface area (TPSA) is 40.9 Å². The van der Waals surface area contributed by atoms with Crippen LogP contribution in [0.5, 0.6) is 0 Å². The molecule has 2 nitrogen and oxygen atoms in total. The van der Waals surface area contributed by atoms with Gasteiger partial charge in [0.05, 0.1) is 5.57 Å². The third kappa shape index (κ3) is 3.57. The standard InChI is InChI=1S/C15H17NO/c1-11-6-5-7-12(8-11)9-13(10-16)14(17)15(2,3)4/h5-9H,1-4H3. The number of aryl methyl sites for hydroxylation is 1. The molecule has 88 valence electrons. The molecule has 1 rings (SSSR count). The Morgan fingerprint density at radius 3 is 2.47 bits per heavy atom. The van der Waals surface area contributed by atoms with Crippen LogP contribution in [0.3, 0.4) is 0 Å². The highest BCUT2D eigenvalue weighted by molar-refractivity contribution is 6.06. The van der Waals surface area contributed by atoms with Gasteiger partial charge >= 0.3 is 0 Å². The Morgan fingerprint density at radius 1 is 1.35 bits per heavy atom. The van der Waals surface area contributed by atoms with E-state index in [1.807, 2.05) is 58.0 Å². The van der Waals surface area contributed by atoms with E-state index in [0.717, 1.165) is 11.1 Å². The highest BCUT2D eigenvalue weighted by atomic mass is 16.1. The van der Waals surface area contributed by atoms with Crippen LogP contribution in [0, 0.1) is 23.7 Å². The van der Waals surface area contributed by atoms with E-state index in [9.17, 15) is 4.79 Å². The number of carbonyl (C=O) groups is 1. The number of hydrogen-bond acceptors (Lipinski definition) is 2. The van der Waals surface area contributed by atoms with Crippen molar-refractivity contribution < 1.29 is 4.79 Å². The maximum absolute atomic E-state index is 12.0.